The van der Waals surface area contributed by atoms with Crippen LogP contribution in [-0.2, 0) is 11.5 Å². The first-order valence-corrected chi connectivity index (χ1v) is 8.35. The molecule has 0 aliphatic rings. The van der Waals surface area contributed by atoms with Gasteiger partial charge in [0, 0.05) is 15.7 Å². The Balaban J connectivity index is 1.81. The second-order valence-electron chi connectivity index (χ2n) is 4.16. The highest BCUT2D eigenvalue weighted by Crippen LogP contribution is 2.33. The zero-order chi connectivity index (χ0) is 13.3. The fourth-order valence-corrected chi connectivity index (χ4v) is 3.69. The Kier molecular flexibility index (Phi) is 6.12. The second kappa shape index (κ2) is 8.13. The molecule has 0 unspecified atom stereocenters. The van der Waals surface area contributed by atoms with Crippen molar-refractivity contribution in [2.24, 2.45) is 0 Å². The molecule has 0 nitrogen and oxygen atoms in total. The molecule has 0 saturated carbocycles. The minimum atomic E-state index is 1.04. The maximum absolute atomic E-state index is 2.21. The number of benzene rings is 2. The minimum absolute atomic E-state index is 1.04. The van der Waals surface area contributed by atoms with Gasteiger partial charge in [-0.25, -0.2) is 0 Å². The smallest absolute Gasteiger partial charge is 0.0364 e. The zero-order valence-electron chi connectivity index (χ0n) is 11.1. The van der Waals surface area contributed by atoms with Crippen LogP contribution in [0.1, 0.15) is 18.1 Å². The summed E-state index contributed by atoms with van der Waals surface area (Å²) in [4.78, 5) is 0. The normalized spacial score (nSPS) is 10.2. The Labute approximate surface area is 124 Å². The van der Waals surface area contributed by atoms with Crippen molar-refractivity contribution in [3.8, 4) is 0 Å². The molecule has 0 fully saturated rings. The molecule has 2 aromatic carbocycles. The van der Waals surface area contributed by atoms with Crippen LogP contribution in [0.25, 0.3) is 0 Å². The zero-order valence-corrected chi connectivity index (χ0v) is 12.7. The topological polar surface area (TPSA) is 0 Å². The maximum atomic E-state index is 2.21. The molecule has 0 atom stereocenters. The van der Waals surface area contributed by atoms with Gasteiger partial charge in [0.15, 0.2) is 0 Å². The molecule has 0 N–H and O–H groups in total. The van der Waals surface area contributed by atoms with Gasteiger partial charge in [0.05, 0.1) is 0 Å². The number of allylic oxidation sites excluding steroid dienone is 1. The van der Waals surface area contributed by atoms with Crippen LogP contribution in [0.2, 0.25) is 0 Å². The average molecular weight is 286 g/mol. The lowest BCUT2D eigenvalue weighted by atomic mass is 10.2. The van der Waals surface area contributed by atoms with E-state index in [1.807, 2.05) is 23.5 Å². The molecule has 0 bridgehead atoms. The fourth-order valence-electron chi connectivity index (χ4n) is 1.67. The van der Waals surface area contributed by atoms with Crippen molar-refractivity contribution in [3.05, 3.63) is 82.1 Å². The van der Waals surface area contributed by atoms with Gasteiger partial charge in [-0.1, -0.05) is 66.7 Å². The molecule has 2 rings (SSSR count). The van der Waals surface area contributed by atoms with Crippen LogP contribution in [0.15, 0.2) is 71.0 Å². The maximum Gasteiger partial charge on any atom is 0.0364 e. The van der Waals surface area contributed by atoms with Gasteiger partial charge in [0.2, 0.25) is 0 Å². The molecule has 0 aliphatic heterocycles. The summed E-state index contributed by atoms with van der Waals surface area (Å²) < 4.78 is 1.40. The number of thioether (sulfide) groups is 2. The third kappa shape index (κ3) is 5.17. The van der Waals surface area contributed by atoms with Crippen molar-refractivity contribution in [2.75, 3.05) is 0 Å². The van der Waals surface area contributed by atoms with E-state index in [0.717, 1.165) is 11.5 Å². The van der Waals surface area contributed by atoms with Crippen LogP contribution < -0.4 is 0 Å². The first kappa shape index (κ1) is 14.3. The van der Waals surface area contributed by atoms with Crippen molar-refractivity contribution in [2.45, 2.75) is 18.4 Å². The van der Waals surface area contributed by atoms with Gasteiger partial charge in [0.25, 0.3) is 0 Å². The highest BCUT2D eigenvalue weighted by molar-refractivity contribution is 8.21. The fraction of sp³-hybridized carbons (Fsp3) is 0.176. The molecule has 0 radical (unpaired) electrons. The Morgan fingerprint density at radius 1 is 0.789 bits per heavy atom. The molecule has 0 heterocycles. The number of hydrogen-bond donors (Lipinski definition) is 0. The summed E-state index contributed by atoms with van der Waals surface area (Å²) in [5, 5.41) is 0. The van der Waals surface area contributed by atoms with E-state index in [1.54, 1.807) is 0 Å². The van der Waals surface area contributed by atoms with Crippen LogP contribution in [-0.4, -0.2) is 0 Å². The molecular weight excluding hydrogens is 268 g/mol. The van der Waals surface area contributed by atoms with Gasteiger partial charge >= 0.3 is 0 Å². The molecule has 0 aliphatic carbocycles. The van der Waals surface area contributed by atoms with E-state index >= 15 is 0 Å². The third-order valence-electron chi connectivity index (χ3n) is 2.68. The lowest BCUT2D eigenvalue weighted by Gasteiger charge is -2.07. The van der Waals surface area contributed by atoms with Crippen LogP contribution in [0.4, 0.5) is 0 Å². The SMILES string of the molecule is CC=C(SCc1ccccc1)SCc1ccccc1. The van der Waals surface area contributed by atoms with E-state index in [4.69, 9.17) is 0 Å². The van der Waals surface area contributed by atoms with Gasteiger partial charge in [0.1, 0.15) is 0 Å². The van der Waals surface area contributed by atoms with Crippen molar-refractivity contribution >= 4 is 23.5 Å². The third-order valence-corrected chi connectivity index (χ3v) is 5.39. The van der Waals surface area contributed by atoms with Gasteiger partial charge in [-0.05, 0) is 18.1 Å². The van der Waals surface area contributed by atoms with Crippen LogP contribution in [0.5, 0.6) is 0 Å². The van der Waals surface area contributed by atoms with E-state index in [2.05, 4.69) is 73.7 Å². The minimum Gasteiger partial charge on any atom is -0.115 e. The van der Waals surface area contributed by atoms with Crippen LogP contribution in [0.3, 0.4) is 0 Å². The van der Waals surface area contributed by atoms with Gasteiger partial charge in [-0.2, -0.15) is 0 Å². The lowest BCUT2D eigenvalue weighted by Crippen LogP contribution is -1.82. The monoisotopic (exact) mass is 286 g/mol. The summed E-state index contributed by atoms with van der Waals surface area (Å²) in [5.41, 5.74) is 2.76. The van der Waals surface area contributed by atoms with Crippen LogP contribution in [0, 0.1) is 0 Å². The number of rotatable bonds is 6. The lowest BCUT2D eigenvalue weighted by molar-refractivity contribution is 1.41. The molecular formula is C17H18S2. The molecule has 0 saturated heterocycles. The van der Waals surface area contributed by atoms with Crippen molar-refractivity contribution < 1.29 is 0 Å². The quantitative estimate of drug-likeness (QED) is 0.666. The standard InChI is InChI=1S/C17H18S2/c1-2-17(18-13-15-9-5-3-6-10-15)19-14-16-11-7-4-8-12-16/h2-12H,13-14H2,1H3. The average Bonchev–Trinajstić information content (AvgIpc) is 2.49. The molecule has 0 aromatic heterocycles. The Hall–Kier alpha value is -1.12. The van der Waals surface area contributed by atoms with E-state index in [9.17, 15) is 0 Å². The molecule has 0 amide bonds. The van der Waals surface area contributed by atoms with E-state index in [1.165, 1.54) is 15.4 Å². The summed E-state index contributed by atoms with van der Waals surface area (Å²) in [7, 11) is 0. The molecule has 2 heteroatoms. The van der Waals surface area contributed by atoms with Gasteiger partial charge in [-0.15, -0.1) is 23.5 Å². The second-order valence-corrected chi connectivity index (χ2v) is 6.45. The highest BCUT2D eigenvalue weighted by atomic mass is 32.2. The number of hydrogen-bond acceptors (Lipinski definition) is 2. The summed E-state index contributed by atoms with van der Waals surface area (Å²) in [6.07, 6.45) is 2.21. The first-order chi connectivity index (χ1) is 9.38. The predicted octanol–water partition coefficient (Wildman–Crippen LogP) is 5.71. The van der Waals surface area contributed by atoms with Gasteiger partial charge in [-0.3, -0.25) is 0 Å². The first-order valence-electron chi connectivity index (χ1n) is 6.38. The predicted molar refractivity (Wildman–Crippen MR) is 89.2 cm³/mol. The summed E-state index contributed by atoms with van der Waals surface area (Å²) in [6, 6.07) is 21.3. The van der Waals surface area contributed by atoms with E-state index < -0.39 is 0 Å². The molecule has 19 heavy (non-hydrogen) atoms. The Morgan fingerprint density at radius 2 is 1.21 bits per heavy atom. The van der Waals surface area contributed by atoms with E-state index in [-0.39, 0.29) is 0 Å². The summed E-state index contributed by atoms with van der Waals surface area (Å²) in [5.74, 6) is 2.09. The molecule has 2 aromatic rings. The molecule has 98 valence electrons. The van der Waals surface area contributed by atoms with Crippen molar-refractivity contribution in [3.63, 3.8) is 0 Å². The largest absolute Gasteiger partial charge is 0.115 e. The van der Waals surface area contributed by atoms with Crippen LogP contribution >= 0.6 is 23.5 Å². The van der Waals surface area contributed by atoms with Gasteiger partial charge < -0.3 is 0 Å². The van der Waals surface area contributed by atoms with Crippen molar-refractivity contribution in [1.82, 2.24) is 0 Å². The molecule has 0 spiro atoms. The summed E-state index contributed by atoms with van der Waals surface area (Å²) in [6.45, 7) is 2.12. The Bertz CT molecular complexity index is 458. The highest BCUT2D eigenvalue weighted by Gasteiger charge is 2.00. The van der Waals surface area contributed by atoms with E-state index in [0.29, 0.717) is 0 Å². The van der Waals surface area contributed by atoms with Crippen molar-refractivity contribution in [1.29, 1.82) is 0 Å². The summed E-state index contributed by atoms with van der Waals surface area (Å²) >= 11 is 3.84. The Morgan fingerprint density at radius 3 is 1.58 bits per heavy atom.